The van der Waals surface area contributed by atoms with Gasteiger partial charge < -0.3 is 10.2 Å². The number of nitro groups is 1. The molecule has 1 aromatic rings. The van der Waals surface area contributed by atoms with E-state index in [-0.39, 0.29) is 41.1 Å². The predicted molar refractivity (Wildman–Crippen MR) is 109 cm³/mol. The van der Waals surface area contributed by atoms with Gasteiger partial charge in [0.25, 0.3) is 5.69 Å². The van der Waals surface area contributed by atoms with E-state index in [4.69, 9.17) is 12.2 Å². The Labute approximate surface area is 173 Å². The van der Waals surface area contributed by atoms with Gasteiger partial charge in [0.1, 0.15) is 0 Å². The second-order valence-corrected chi connectivity index (χ2v) is 9.11. The van der Waals surface area contributed by atoms with Gasteiger partial charge in [0, 0.05) is 36.8 Å². The summed E-state index contributed by atoms with van der Waals surface area (Å²) in [7, 11) is 0. The van der Waals surface area contributed by atoms with Crippen LogP contribution in [0.4, 0.5) is 11.4 Å². The number of amides is 2. The van der Waals surface area contributed by atoms with E-state index in [1.54, 1.807) is 11.0 Å². The maximum atomic E-state index is 13.8. The average molecular weight is 414 g/mol. The number of rotatable bonds is 2. The highest BCUT2D eigenvalue weighted by Crippen LogP contribution is 2.50. The molecule has 1 saturated carbocycles. The van der Waals surface area contributed by atoms with Crippen molar-refractivity contribution in [3.63, 3.8) is 0 Å². The Hall–Kier alpha value is -2.55. The van der Waals surface area contributed by atoms with Crippen molar-refractivity contribution in [2.24, 2.45) is 11.3 Å². The number of non-ortho nitro benzene ring substituents is 1. The predicted octanol–water partition coefficient (Wildman–Crippen LogP) is 2.15. The van der Waals surface area contributed by atoms with Crippen molar-refractivity contribution in [3.05, 3.63) is 33.9 Å². The van der Waals surface area contributed by atoms with Crippen LogP contribution in [-0.4, -0.2) is 45.4 Å². The van der Waals surface area contributed by atoms with Crippen molar-refractivity contribution in [2.45, 2.75) is 51.1 Å². The van der Waals surface area contributed by atoms with Crippen molar-refractivity contribution in [3.8, 4) is 0 Å². The number of piperidine rings is 1. The number of carbonyl (C=O) groups excluding carboxylic acids is 2. The van der Waals surface area contributed by atoms with Gasteiger partial charge in [0.15, 0.2) is 10.5 Å². The van der Waals surface area contributed by atoms with Gasteiger partial charge in [0.2, 0.25) is 11.8 Å². The first-order chi connectivity index (χ1) is 13.8. The van der Waals surface area contributed by atoms with Crippen molar-refractivity contribution in [1.29, 1.82) is 0 Å². The van der Waals surface area contributed by atoms with Crippen LogP contribution in [0.1, 0.15) is 38.2 Å². The number of carbonyl (C=O) groups is 2. The molecule has 0 aromatic heterocycles. The molecular weight excluding hydrogens is 392 g/mol. The molecule has 8 nitrogen and oxygen atoms in total. The molecule has 0 unspecified atom stereocenters. The Morgan fingerprint density at radius 1 is 1.28 bits per heavy atom. The topological polar surface area (TPSA) is 95.8 Å². The van der Waals surface area contributed by atoms with Crippen LogP contribution in [0.15, 0.2) is 18.2 Å². The van der Waals surface area contributed by atoms with E-state index in [9.17, 15) is 19.7 Å². The molecule has 9 heteroatoms. The number of thiocarbonyl (C=S) groups is 1. The zero-order valence-corrected chi connectivity index (χ0v) is 16.9. The molecular formula is C20H22N4O4S. The first kappa shape index (κ1) is 18.5. The average Bonchev–Trinajstić information content (AvgIpc) is 3.50. The summed E-state index contributed by atoms with van der Waals surface area (Å²) >= 11 is 5.32. The first-order valence-corrected chi connectivity index (χ1v) is 10.5. The second-order valence-electron chi connectivity index (χ2n) is 8.72. The minimum Gasteiger partial charge on any atom is -0.367 e. The summed E-state index contributed by atoms with van der Waals surface area (Å²) in [6.07, 6.45) is 3.59. The minimum absolute atomic E-state index is 0.0269. The van der Waals surface area contributed by atoms with E-state index in [0.29, 0.717) is 18.0 Å². The standard InChI is InChI=1S/C20H22N4O4S/c1-11-6-7-22-15-5-4-14(24(27)28)9-12(15)10-20(16(22)8-11)17(25)21-19(29)23(18(20)26)13-2-3-13/h4-5,9,11,13,16H,2-3,6-8,10H2,1H3,(H,21,25,29)/t11-,16+,20+/m1/s1. The molecule has 2 saturated heterocycles. The zero-order valence-electron chi connectivity index (χ0n) is 16.1. The van der Waals surface area contributed by atoms with Gasteiger partial charge in [-0.25, -0.2) is 0 Å². The first-order valence-electron chi connectivity index (χ1n) is 10.1. The third-order valence-electron chi connectivity index (χ3n) is 6.84. The molecule has 3 heterocycles. The highest BCUT2D eigenvalue weighted by molar-refractivity contribution is 7.80. The molecule has 29 heavy (non-hydrogen) atoms. The van der Waals surface area contributed by atoms with E-state index in [0.717, 1.165) is 31.4 Å². The lowest BCUT2D eigenvalue weighted by atomic mass is 9.65. The third-order valence-corrected chi connectivity index (χ3v) is 7.14. The lowest BCUT2D eigenvalue weighted by molar-refractivity contribution is -0.384. The fraction of sp³-hybridized carbons (Fsp3) is 0.550. The molecule has 1 aromatic carbocycles. The van der Waals surface area contributed by atoms with Crippen molar-refractivity contribution in [2.75, 3.05) is 11.4 Å². The number of nitro benzene ring substituents is 1. The molecule has 1 N–H and O–H groups in total. The lowest BCUT2D eigenvalue weighted by Gasteiger charge is -2.55. The Balaban J connectivity index is 1.67. The van der Waals surface area contributed by atoms with Crippen LogP contribution >= 0.6 is 12.2 Å². The van der Waals surface area contributed by atoms with Gasteiger partial charge in [-0.2, -0.15) is 0 Å². The third kappa shape index (κ3) is 2.59. The minimum atomic E-state index is -1.30. The van der Waals surface area contributed by atoms with E-state index in [2.05, 4.69) is 17.1 Å². The number of anilines is 1. The molecule has 2 amide bonds. The monoisotopic (exact) mass is 414 g/mol. The molecule has 0 bridgehead atoms. The lowest BCUT2D eigenvalue weighted by Crippen LogP contribution is -2.73. The summed E-state index contributed by atoms with van der Waals surface area (Å²) in [4.78, 5) is 41.8. The van der Waals surface area contributed by atoms with Crippen LogP contribution < -0.4 is 10.2 Å². The normalized spacial score (nSPS) is 31.4. The van der Waals surface area contributed by atoms with E-state index >= 15 is 0 Å². The molecule has 3 fully saturated rings. The maximum absolute atomic E-state index is 13.8. The largest absolute Gasteiger partial charge is 0.367 e. The molecule has 0 radical (unpaired) electrons. The fourth-order valence-corrected chi connectivity index (χ4v) is 5.53. The smallest absolute Gasteiger partial charge is 0.269 e. The molecule has 152 valence electrons. The molecule has 1 spiro atoms. The van der Waals surface area contributed by atoms with E-state index in [1.807, 2.05) is 0 Å². The number of nitrogens with one attached hydrogen (secondary N) is 1. The Kier molecular flexibility index (Phi) is 3.96. The summed E-state index contributed by atoms with van der Waals surface area (Å²) in [6, 6.07) is 4.55. The second kappa shape index (κ2) is 6.22. The van der Waals surface area contributed by atoms with Crippen LogP contribution in [0.5, 0.6) is 0 Å². The summed E-state index contributed by atoms with van der Waals surface area (Å²) in [5.74, 6) is -0.225. The fourth-order valence-electron chi connectivity index (χ4n) is 5.21. The van der Waals surface area contributed by atoms with Gasteiger partial charge in [-0.15, -0.1) is 0 Å². The molecule has 3 atom stereocenters. The maximum Gasteiger partial charge on any atom is 0.269 e. The van der Waals surface area contributed by atoms with Crippen LogP contribution in [0.2, 0.25) is 0 Å². The van der Waals surface area contributed by atoms with Crippen LogP contribution in [0.3, 0.4) is 0 Å². The van der Waals surface area contributed by atoms with E-state index < -0.39 is 10.3 Å². The van der Waals surface area contributed by atoms with Gasteiger partial charge in [-0.05, 0) is 55.4 Å². The zero-order chi connectivity index (χ0) is 20.5. The Bertz CT molecular complexity index is 962. The number of fused-ring (bicyclic) bond motifs is 4. The van der Waals surface area contributed by atoms with Gasteiger partial charge >= 0.3 is 0 Å². The number of benzene rings is 1. The summed E-state index contributed by atoms with van der Waals surface area (Å²) in [5, 5.41) is 14.3. The SMILES string of the molecule is C[C@@H]1CCN2c3ccc([N+](=O)[O-])cc3C[C@@]3(C(=O)NC(=S)N(C4CC4)C3=O)[C@@H]2C1. The van der Waals surface area contributed by atoms with Gasteiger partial charge in [-0.1, -0.05) is 6.92 Å². The van der Waals surface area contributed by atoms with Crippen LogP contribution in [0, 0.1) is 21.4 Å². The Morgan fingerprint density at radius 3 is 2.72 bits per heavy atom. The van der Waals surface area contributed by atoms with Crippen LogP contribution in [-0.2, 0) is 16.0 Å². The van der Waals surface area contributed by atoms with Crippen LogP contribution in [0.25, 0.3) is 0 Å². The number of hydrogen-bond acceptors (Lipinski definition) is 6. The number of nitrogens with zero attached hydrogens (tertiary/aromatic N) is 3. The molecule has 4 aliphatic rings. The van der Waals surface area contributed by atoms with Crippen molar-refractivity contribution in [1.82, 2.24) is 10.2 Å². The van der Waals surface area contributed by atoms with E-state index in [1.165, 1.54) is 12.1 Å². The van der Waals surface area contributed by atoms with Crippen molar-refractivity contribution < 1.29 is 14.5 Å². The highest BCUT2D eigenvalue weighted by atomic mass is 32.1. The molecule has 1 aliphatic carbocycles. The summed E-state index contributed by atoms with van der Waals surface area (Å²) in [5.41, 5.74) is 0.241. The number of hydrogen-bond donors (Lipinski definition) is 1. The quantitative estimate of drug-likeness (QED) is 0.345. The molecule has 3 aliphatic heterocycles. The summed E-state index contributed by atoms with van der Waals surface area (Å²) < 4.78 is 0. The van der Waals surface area contributed by atoms with Gasteiger partial charge in [0.05, 0.1) is 11.0 Å². The molecule has 5 rings (SSSR count). The van der Waals surface area contributed by atoms with Crippen molar-refractivity contribution >= 4 is 40.5 Å². The highest BCUT2D eigenvalue weighted by Gasteiger charge is 2.63. The Morgan fingerprint density at radius 2 is 2.03 bits per heavy atom. The van der Waals surface area contributed by atoms with Gasteiger partial charge in [-0.3, -0.25) is 24.6 Å². The summed E-state index contributed by atoms with van der Waals surface area (Å²) in [6.45, 7) is 2.86.